The maximum absolute atomic E-state index is 13.1. The summed E-state index contributed by atoms with van der Waals surface area (Å²) < 4.78 is 13.1. The lowest BCUT2D eigenvalue weighted by atomic mass is 9.99. The highest BCUT2D eigenvalue weighted by Gasteiger charge is 2.16. The van der Waals surface area contributed by atoms with E-state index in [4.69, 9.17) is 0 Å². The lowest BCUT2D eigenvalue weighted by molar-refractivity contribution is 0.576. The van der Waals surface area contributed by atoms with Crippen molar-refractivity contribution >= 4 is 11.3 Å². The smallest absolute Gasteiger partial charge is 0.123 e. The van der Waals surface area contributed by atoms with E-state index in [0.29, 0.717) is 12.6 Å². The van der Waals surface area contributed by atoms with Gasteiger partial charge in [-0.3, -0.25) is 0 Å². The Hall–Kier alpha value is -1.19. The Morgan fingerprint density at radius 3 is 2.90 bits per heavy atom. The van der Waals surface area contributed by atoms with Crippen LogP contribution in [-0.4, -0.2) is 0 Å². The van der Waals surface area contributed by atoms with Gasteiger partial charge in [-0.25, -0.2) is 4.39 Å². The third kappa shape index (κ3) is 3.10. The Kier molecular flexibility index (Phi) is 4.18. The predicted octanol–water partition coefficient (Wildman–Crippen LogP) is 4.62. The number of hydrogen-bond donors (Lipinski definition) is 1. The largest absolute Gasteiger partial charge is 0.305 e. The molecule has 1 unspecified atom stereocenters. The van der Waals surface area contributed by atoms with Gasteiger partial charge in [0.15, 0.2) is 0 Å². The first-order valence-electron chi connectivity index (χ1n) is 7.31. The first kappa shape index (κ1) is 13.8. The number of thiophene rings is 1. The van der Waals surface area contributed by atoms with Crippen molar-refractivity contribution in [3.8, 4) is 0 Å². The number of fused-ring (bicyclic) bond motifs is 1. The van der Waals surface area contributed by atoms with E-state index in [1.807, 2.05) is 17.4 Å². The van der Waals surface area contributed by atoms with Gasteiger partial charge in [-0.05, 0) is 61.9 Å². The van der Waals surface area contributed by atoms with E-state index >= 15 is 0 Å². The molecule has 0 saturated heterocycles. The second-order valence-corrected chi connectivity index (χ2v) is 6.71. The summed E-state index contributed by atoms with van der Waals surface area (Å²) in [5.74, 6) is -0.163. The lowest BCUT2D eigenvalue weighted by Crippen LogP contribution is -2.17. The van der Waals surface area contributed by atoms with Gasteiger partial charge in [0.25, 0.3) is 0 Å². The van der Waals surface area contributed by atoms with Crippen LogP contribution in [-0.2, 0) is 19.4 Å². The maximum Gasteiger partial charge on any atom is 0.123 e. The van der Waals surface area contributed by atoms with Gasteiger partial charge >= 0.3 is 0 Å². The molecule has 20 heavy (non-hydrogen) atoms. The van der Waals surface area contributed by atoms with Gasteiger partial charge < -0.3 is 5.32 Å². The summed E-state index contributed by atoms with van der Waals surface area (Å²) in [7, 11) is 0. The SMILES string of the molecule is CC(NCc1cccc(F)c1)c1cc2c(s1)CCCC2. The fraction of sp³-hybridized carbons (Fsp3) is 0.412. The molecule has 1 atom stereocenters. The van der Waals surface area contributed by atoms with Gasteiger partial charge in [-0.2, -0.15) is 0 Å². The van der Waals surface area contributed by atoms with Crippen LogP contribution in [0.4, 0.5) is 4.39 Å². The molecule has 1 nitrogen and oxygen atoms in total. The Bertz CT molecular complexity index is 567. The molecule has 1 aliphatic carbocycles. The molecule has 0 radical (unpaired) electrons. The molecule has 3 heteroatoms. The summed E-state index contributed by atoms with van der Waals surface area (Å²) >= 11 is 1.95. The highest BCUT2D eigenvalue weighted by Crippen LogP contribution is 2.32. The minimum atomic E-state index is -0.163. The third-order valence-corrected chi connectivity index (χ3v) is 5.36. The molecule has 0 spiro atoms. The average Bonchev–Trinajstić information content (AvgIpc) is 2.89. The molecule has 1 aromatic carbocycles. The van der Waals surface area contributed by atoms with Gasteiger partial charge in [0.05, 0.1) is 0 Å². The average molecular weight is 289 g/mol. The van der Waals surface area contributed by atoms with Gasteiger partial charge in [-0.1, -0.05) is 12.1 Å². The zero-order valence-corrected chi connectivity index (χ0v) is 12.6. The molecule has 3 rings (SSSR count). The molecule has 0 saturated carbocycles. The first-order chi connectivity index (χ1) is 9.72. The van der Waals surface area contributed by atoms with E-state index in [2.05, 4.69) is 18.3 Å². The minimum Gasteiger partial charge on any atom is -0.305 e. The monoisotopic (exact) mass is 289 g/mol. The number of benzene rings is 1. The first-order valence-corrected chi connectivity index (χ1v) is 8.13. The molecule has 0 bridgehead atoms. The Labute approximate surface area is 123 Å². The van der Waals surface area contributed by atoms with Gasteiger partial charge in [0, 0.05) is 22.3 Å². The normalized spacial score (nSPS) is 15.9. The standard InChI is InChI=1S/C17H20FNS/c1-12(19-11-13-5-4-7-15(18)9-13)17-10-14-6-2-3-8-16(14)20-17/h4-5,7,9-10,12,19H,2-3,6,8,11H2,1H3. The van der Waals surface area contributed by atoms with Crippen LogP contribution < -0.4 is 5.32 Å². The molecule has 1 aliphatic rings. The zero-order valence-electron chi connectivity index (χ0n) is 11.8. The number of nitrogens with one attached hydrogen (secondary N) is 1. The second-order valence-electron chi connectivity index (χ2n) is 5.54. The van der Waals surface area contributed by atoms with Crippen molar-refractivity contribution < 1.29 is 4.39 Å². The van der Waals surface area contributed by atoms with Gasteiger partial charge in [0.1, 0.15) is 5.82 Å². The third-order valence-electron chi connectivity index (χ3n) is 3.94. The van der Waals surface area contributed by atoms with Gasteiger partial charge in [0.2, 0.25) is 0 Å². The second kappa shape index (κ2) is 6.06. The molecule has 1 aromatic heterocycles. The van der Waals surface area contributed by atoms with Crippen LogP contribution in [0.15, 0.2) is 30.3 Å². The fourth-order valence-corrected chi connectivity index (χ4v) is 4.03. The highest BCUT2D eigenvalue weighted by molar-refractivity contribution is 7.12. The molecule has 2 aromatic rings. The molecular formula is C17H20FNS. The van der Waals surface area contributed by atoms with Crippen molar-refractivity contribution in [2.24, 2.45) is 0 Å². The summed E-state index contributed by atoms with van der Waals surface area (Å²) in [5, 5.41) is 3.50. The Morgan fingerprint density at radius 2 is 2.10 bits per heavy atom. The predicted molar refractivity (Wildman–Crippen MR) is 82.6 cm³/mol. The molecule has 1 N–H and O–H groups in total. The molecule has 0 aliphatic heterocycles. The van der Waals surface area contributed by atoms with E-state index in [1.54, 1.807) is 22.6 Å². The quantitative estimate of drug-likeness (QED) is 0.866. The van der Waals surface area contributed by atoms with E-state index in [0.717, 1.165) is 5.56 Å². The Morgan fingerprint density at radius 1 is 1.25 bits per heavy atom. The van der Waals surface area contributed by atoms with E-state index in [1.165, 1.54) is 36.6 Å². The summed E-state index contributed by atoms with van der Waals surface area (Å²) in [4.78, 5) is 2.99. The molecule has 106 valence electrons. The maximum atomic E-state index is 13.1. The lowest BCUT2D eigenvalue weighted by Gasteiger charge is -2.12. The van der Waals surface area contributed by atoms with Crippen molar-refractivity contribution in [1.82, 2.24) is 5.32 Å². The van der Waals surface area contributed by atoms with Crippen LogP contribution in [0.5, 0.6) is 0 Å². The molecule has 0 amide bonds. The summed E-state index contributed by atoms with van der Waals surface area (Å²) in [6.45, 7) is 2.90. The summed E-state index contributed by atoms with van der Waals surface area (Å²) in [5.41, 5.74) is 2.55. The van der Waals surface area contributed by atoms with Crippen LogP contribution >= 0.6 is 11.3 Å². The van der Waals surface area contributed by atoms with E-state index in [-0.39, 0.29) is 5.82 Å². The Balaban J connectivity index is 1.64. The fourth-order valence-electron chi connectivity index (χ4n) is 2.75. The number of halogens is 1. The van der Waals surface area contributed by atoms with Crippen molar-refractivity contribution in [1.29, 1.82) is 0 Å². The number of rotatable bonds is 4. The van der Waals surface area contributed by atoms with Crippen LogP contribution in [0.3, 0.4) is 0 Å². The topological polar surface area (TPSA) is 12.0 Å². The highest BCUT2D eigenvalue weighted by atomic mass is 32.1. The van der Waals surface area contributed by atoms with Crippen LogP contribution in [0.25, 0.3) is 0 Å². The molecule has 0 fully saturated rings. The molecular weight excluding hydrogens is 269 g/mol. The van der Waals surface area contributed by atoms with E-state index in [9.17, 15) is 4.39 Å². The van der Waals surface area contributed by atoms with Crippen LogP contribution in [0.1, 0.15) is 46.7 Å². The number of aryl methyl sites for hydroxylation is 2. The minimum absolute atomic E-state index is 0.163. The van der Waals surface area contributed by atoms with Crippen molar-refractivity contribution in [2.75, 3.05) is 0 Å². The van der Waals surface area contributed by atoms with Crippen LogP contribution in [0, 0.1) is 5.82 Å². The van der Waals surface area contributed by atoms with Crippen molar-refractivity contribution in [3.05, 3.63) is 57.0 Å². The van der Waals surface area contributed by atoms with Crippen LogP contribution in [0.2, 0.25) is 0 Å². The summed E-state index contributed by atoms with van der Waals surface area (Å²) in [6, 6.07) is 9.50. The van der Waals surface area contributed by atoms with Crippen molar-refractivity contribution in [3.63, 3.8) is 0 Å². The number of hydrogen-bond acceptors (Lipinski definition) is 2. The molecule has 1 heterocycles. The summed E-state index contributed by atoms with van der Waals surface area (Å²) in [6.07, 6.45) is 5.14. The van der Waals surface area contributed by atoms with E-state index < -0.39 is 0 Å². The zero-order chi connectivity index (χ0) is 13.9. The van der Waals surface area contributed by atoms with Crippen molar-refractivity contribution in [2.45, 2.75) is 45.2 Å². The van der Waals surface area contributed by atoms with Gasteiger partial charge in [-0.15, -0.1) is 11.3 Å².